The number of carbonyl (C=O) groups is 1. The largest absolute Gasteiger partial charge is 0.350 e. The molecule has 2 rings (SSSR count). The van der Waals surface area contributed by atoms with Gasteiger partial charge in [-0.15, -0.1) is 0 Å². The van der Waals surface area contributed by atoms with Gasteiger partial charge in [-0.05, 0) is 14.1 Å². The molecule has 1 aromatic heterocycles. The van der Waals surface area contributed by atoms with Gasteiger partial charge in [-0.25, -0.2) is 0 Å². The Balaban J connectivity index is 2.04. The quantitative estimate of drug-likeness (QED) is 0.732. The summed E-state index contributed by atoms with van der Waals surface area (Å²) in [5, 5.41) is 4.52. The van der Waals surface area contributed by atoms with Gasteiger partial charge in [0, 0.05) is 6.54 Å². The normalized spacial score (nSPS) is 16.4. The maximum atomic E-state index is 12.2. The molecule has 1 aliphatic rings. The van der Waals surface area contributed by atoms with Crippen molar-refractivity contribution in [1.82, 2.24) is 14.7 Å². The van der Waals surface area contributed by atoms with Crippen molar-refractivity contribution in [2.24, 2.45) is 0 Å². The van der Waals surface area contributed by atoms with Crippen LogP contribution in [0.15, 0.2) is 6.20 Å². The van der Waals surface area contributed by atoms with Crippen LogP contribution in [0.4, 0.5) is 0 Å². The summed E-state index contributed by atoms with van der Waals surface area (Å²) in [6.45, 7) is 2.47. The van der Waals surface area contributed by atoms with Crippen LogP contribution < -0.4 is 0 Å². The van der Waals surface area contributed by atoms with Crippen molar-refractivity contribution in [3.05, 3.63) is 16.9 Å². The molecule has 2 heterocycles. The van der Waals surface area contributed by atoms with Crippen LogP contribution in [0.25, 0.3) is 0 Å². The van der Waals surface area contributed by atoms with Gasteiger partial charge >= 0.3 is 0 Å². The van der Waals surface area contributed by atoms with Gasteiger partial charge in [0.25, 0.3) is 0 Å². The molecular weight excluding hydrogens is 270 g/mol. The second-order valence-electron chi connectivity index (χ2n) is 4.67. The molecule has 0 amide bonds. The highest BCUT2D eigenvalue weighted by Gasteiger charge is 2.24. The fourth-order valence-electron chi connectivity index (χ4n) is 1.88. The number of likely N-dealkylation sites (N-methyl/N-ethyl adjacent to an activating group) is 1. The molecule has 6 nitrogen and oxygen atoms in total. The van der Waals surface area contributed by atoms with E-state index in [1.807, 2.05) is 19.0 Å². The van der Waals surface area contributed by atoms with Crippen molar-refractivity contribution in [3.8, 4) is 0 Å². The lowest BCUT2D eigenvalue weighted by atomic mass is 10.2. The lowest BCUT2D eigenvalue weighted by Gasteiger charge is -2.13. The van der Waals surface area contributed by atoms with Gasteiger partial charge in [0.05, 0.1) is 37.4 Å². The molecular formula is C12H18ClN3O3. The van der Waals surface area contributed by atoms with E-state index in [2.05, 4.69) is 5.10 Å². The van der Waals surface area contributed by atoms with Crippen molar-refractivity contribution < 1.29 is 14.3 Å². The molecule has 0 atom stereocenters. The Morgan fingerprint density at radius 2 is 2.21 bits per heavy atom. The molecule has 0 aromatic carbocycles. The van der Waals surface area contributed by atoms with E-state index in [1.54, 1.807) is 4.68 Å². The maximum Gasteiger partial charge on any atom is 0.187 e. The Hall–Kier alpha value is -0.950. The zero-order valence-electron chi connectivity index (χ0n) is 11.1. The van der Waals surface area contributed by atoms with Crippen LogP contribution in [0.3, 0.4) is 0 Å². The first-order valence-corrected chi connectivity index (χ1v) is 6.58. The standard InChI is InChI=1S/C12H18ClN3O3/c1-15(2)3-4-16-12(9(13)8-14-16)10(17)7-11-18-5-6-19-11/h8,11H,3-7H2,1-2H3. The minimum Gasteiger partial charge on any atom is -0.350 e. The summed E-state index contributed by atoms with van der Waals surface area (Å²) in [7, 11) is 3.93. The summed E-state index contributed by atoms with van der Waals surface area (Å²) < 4.78 is 12.2. The Kier molecular flexibility index (Phi) is 4.93. The van der Waals surface area contributed by atoms with Crippen LogP contribution in [0.1, 0.15) is 16.9 Å². The Morgan fingerprint density at radius 1 is 1.53 bits per heavy atom. The molecule has 0 radical (unpaired) electrons. The molecule has 0 saturated carbocycles. The molecule has 1 saturated heterocycles. The monoisotopic (exact) mass is 287 g/mol. The fraction of sp³-hybridized carbons (Fsp3) is 0.667. The van der Waals surface area contributed by atoms with E-state index in [9.17, 15) is 4.79 Å². The zero-order chi connectivity index (χ0) is 13.8. The lowest BCUT2D eigenvalue weighted by Crippen LogP contribution is -2.23. The summed E-state index contributed by atoms with van der Waals surface area (Å²) in [6, 6.07) is 0. The third-order valence-electron chi connectivity index (χ3n) is 2.86. The first-order chi connectivity index (χ1) is 9.08. The highest BCUT2D eigenvalue weighted by molar-refractivity contribution is 6.33. The van der Waals surface area contributed by atoms with Crippen LogP contribution in [-0.4, -0.2) is 60.6 Å². The number of carbonyl (C=O) groups excluding carboxylic acids is 1. The van der Waals surface area contributed by atoms with Crippen molar-refractivity contribution in [1.29, 1.82) is 0 Å². The van der Waals surface area contributed by atoms with Crippen LogP contribution in [0.2, 0.25) is 5.02 Å². The van der Waals surface area contributed by atoms with Crippen molar-refractivity contribution in [2.45, 2.75) is 19.3 Å². The number of rotatable bonds is 6. The Morgan fingerprint density at radius 3 is 2.84 bits per heavy atom. The Bertz CT molecular complexity index is 441. The Labute approximate surface area is 117 Å². The first-order valence-electron chi connectivity index (χ1n) is 6.20. The summed E-state index contributed by atoms with van der Waals surface area (Å²) >= 11 is 6.04. The molecule has 7 heteroatoms. The predicted octanol–water partition coefficient (Wildman–Crippen LogP) is 1.04. The fourth-order valence-corrected chi connectivity index (χ4v) is 2.12. The molecule has 1 fully saturated rings. The molecule has 19 heavy (non-hydrogen) atoms. The van der Waals surface area contributed by atoms with E-state index < -0.39 is 6.29 Å². The number of ketones is 1. The smallest absolute Gasteiger partial charge is 0.187 e. The van der Waals surface area contributed by atoms with E-state index in [-0.39, 0.29) is 12.2 Å². The van der Waals surface area contributed by atoms with Crippen LogP contribution in [0.5, 0.6) is 0 Å². The predicted molar refractivity (Wildman–Crippen MR) is 70.4 cm³/mol. The lowest BCUT2D eigenvalue weighted by molar-refractivity contribution is -0.0409. The third-order valence-corrected chi connectivity index (χ3v) is 3.14. The molecule has 1 aliphatic heterocycles. The first kappa shape index (κ1) is 14.5. The molecule has 0 spiro atoms. The van der Waals surface area contributed by atoms with E-state index in [4.69, 9.17) is 21.1 Å². The summed E-state index contributed by atoms with van der Waals surface area (Å²) in [5.41, 5.74) is 0.433. The van der Waals surface area contributed by atoms with Gasteiger partial charge < -0.3 is 14.4 Å². The van der Waals surface area contributed by atoms with E-state index in [0.29, 0.717) is 30.5 Å². The number of hydrogen-bond acceptors (Lipinski definition) is 5. The van der Waals surface area contributed by atoms with E-state index in [1.165, 1.54) is 6.20 Å². The highest BCUT2D eigenvalue weighted by Crippen LogP contribution is 2.19. The highest BCUT2D eigenvalue weighted by atomic mass is 35.5. The minimum atomic E-state index is -0.458. The number of nitrogens with zero attached hydrogens (tertiary/aromatic N) is 3. The second-order valence-corrected chi connectivity index (χ2v) is 5.07. The molecule has 1 aromatic rings. The molecule has 0 N–H and O–H groups in total. The SMILES string of the molecule is CN(C)CCn1ncc(Cl)c1C(=O)CC1OCCO1. The molecule has 0 bridgehead atoms. The molecule has 0 aliphatic carbocycles. The van der Waals surface area contributed by atoms with E-state index >= 15 is 0 Å². The van der Waals surface area contributed by atoms with E-state index in [0.717, 1.165) is 6.54 Å². The number of aromatic nitrogens is 2. The summed E-state index contributed by atoms with van der Waals surface area (Å²) in [5.74, 6) is -0.104. The zero-order valence-corrected chi connectivity index (χ0v) is 11.9. The number of Topliss-reactive ketones (excluding diaryl/α,β-unsaturated/α-hetero) is 1. The van der Waals surface area contributed by atoms with Gasteiger partial charge in [-0.1, -0.05) is 11.6 Å². The number of hydrogen-bond donors (Lipinski definition) is 0. The van der Waals surface area contributed by atoms with Gasteiger partial charge in [-0.2, -0.15) is 5.10 Å². The summed E-state index contributed by atoms with van der Waals surface area (Å²) in [4.78, 5) is 14.3. The summed E-state index contributed by atoms with van der Waals surface area (Å²) in [6.07, 6.45) is 1.22. The second kappa shape index (κ2) is 6.47. The average molecular weight is 288 g/mol. The topological polar surface area (TPSA) is 56.6 Å². The van der Waals surface area contributed by atoms with Gasteiger partial charge in [0.1, 0.15) is 5.69 Å². The van der Waals surface area contributed by atoms with Crippen molar-refractivity contribution in [3.63, 3.8) is 0 Å². The van der Waals surface area contributed by atoms with Crippen LogP contribution in [-0.2, 0) is 16.0 Å². The average Bonchev–Trinajstić information content (AvgIpc) is 2.96. The van der Waals surface area contributed by atoms with Crippen LogP contribution >= 0.6 is 11.6 Å². The molecule has 106 valence electrons. The minimum absolute atomic E-state index is 0.104. The van der Waals surface area contributed by atoms with Crippen molar-refractivity contribution in [2.75, 3.05) is 33.9 Å². The third kappa shape index (κ3) is 3.76. The number of halogens is 1. The van der Waals surface area contributed by atoms with Crippen molar-refractivity contribution >= 4 is 17.4 Å². The van der Waals surface area contributed by atoms with Gasteiger partial charge in [0.15, 0.2) is 12.1 Å². The number of ether oxygens (including phenoxy) is 2. The van der Waals surface area contributed by atoms with Gasteiger partial charge in [-0.3, -0.25) is 9.48 Å². The van der Waals surface area contributed by atoms with Crippen LogP contribution in [0, 0.1) is 0 Å². The molecule has 0 unspecified atom stereocenters. The maximum absolute atomic E-state index is 12.2. The van der Waals surface area contributed by atoms with Gasteiger partial charge in [0.2, 0.25) is 0 Å².